The van der Waals surface area contributed by atoms with Gasteiger partial charge in [-0.25, -0.2) is 0 Å². The monoisotopic (exact) mass is 316 g/mol. The van der Waals surface area contributed by atoms with Gasteiger partial charge in [-0.2, -0.15) is 10.1 Å². The maximum absolute atomic E-state index is 11.7. The summed E-state index contributed by atoms with van der Waals surface area (Å²) in [5.74, 6) is 1.09. The molecule has 0 atom stereocenters. The lowest BCUT2D eigenvalue weighted by atomic mass is 10.0. The molecule has 0 unspecified atom stereocenters. The predicted molar refractivity (Wildman–Crippen MR) is 90.0 cm³/mol. The highest BCUT2D eigenvalue weighted by Crippen LogP contribution is 2.27. The fraction of sp³-hybridized carbons (Fsp3) is 0.133. The number of rotatable bonds is 3. The van der Waals surface area contributed by atoms with Crippen LogP contribution in [0.3, 0.4) is 0 Å². The van der Waals surface area contributed by atoms with E-state index in [9.17, 15) is 4.79 Å². The summed E-state index contributed by atoms with van der Waals surface area (Å²) >= 11 is 6.44. The van der Waals surface area contributed by atoms with Gasteiger partial charge in [-0.15, -0.1) is 0 Å². The Morgan fingerprint density at radius 2 is 2.05 bits per heavy atom. The number of fused-ring (bicyclic) bond motifs is 1. The van der Waals surface area contributed by atoms with Crippen molar-refractivity contribution in [3.05, 3.63) is 42.0 Å². The van der Waals surface area contributed by atoms with Gasteiger partial charge in [0, 0.05) is 10.9 Å². The highest BCUT2D eigenvalue weighted by molar-refractivity contribution is 8.23. The first-order valence-corrected chi connectivity index (χ1v) is 7.69. The second-order valence-electron chi connectivity index (χ2n) is 4.41. The van der Waals surface area contributed by atoms with Crippen LogP contribution in [0.5, 0.6) is 5.75 Å². The molecule has 0 spiro atoms. The van der Waals surface area contributed by atoms with Crippen LogP contribution in [0.1, 0.15) is 5.56 Å². The molecule has 4 nitrogen and oxygen atoms in total. The highest BCUT2D eigenvalue weighted by Gasteiger charge is 2.25. The summed E-state index contributed by atoms with van der Waals surface area (Å²) in [4.78, 5) is 11.7. The Morgan fingerprint density at radius 3 is 2.71 bits per heavy atom. The van der Waals surface area contributed by atoms with Crippen LogP contribution in [-0.2, 0) is 4.79 Å². The Morgan fingerprint density at radius 1 is 1.29 bits per heavy atom. The van der Waals surface area contributed by atoms with E-state index in [4.69, 9.17) is 17.0 Å². The number of thioether (sulfide) groups is 1. The number of benzene rings is 2. The molecule has 1 amide bonds. The Labute approximate surface area is 131 Å². The summed E-state index contributed by atoms with van der Waals surface area (Å²) < 4.78 is 5.86. The molecule has 3 rings (SSSR count). The van der Waals surface area contributed by atoms with Crippen LogP contribution < -0.4 is 4.74 Å². The van der Waals surface area contributed by atoms with Gasteiger partial charge >= 0.3 is 0 Å². The molecule has 0 radical (unpaired) electrons. The zero-order chi connectivity index (χ0) is 14.8. The summed E-state index contributed by atoms with van der Waals surface area (Å²) in [6, 6.07) is 11.7. The van der Waals surface area contributed by atoms with Crippen LogP contribution in [0, 0.1) is 0 Å². The van der Waals surface area contributed by atoms with Gasteiger partial charge < -0.3 is 4.74 Å². The number of hydrogen-bond acceptors (Lipinski definition) is 5. The Kier molecular flexibility index (Phi) is 3.90. The molecule has 0 aromatic heterocycles. The lowest BCUT2D eigenvalue weighted by Crippen LogP contribution is -2.22. The van der Waals surface area contributed by atoms with Crippen molar-refractivity contribution in [1.29, 1.82) is 0 Å². The molecule has 21 heavy (non-hydrogen) atoms. The molecule has 0 N–H and O–H groups in total. The van der Waals surface area contributed by atoms with Gasteiger partial charge in [0.2, 0.25) is 0 Å². The van der Waals surface area contributed by atoms with Gasteiger partial charge in [0.15, 0.2) is 4.32 Å². The largest absolute Gasteiger partial charge is 0.496 e. The second kappa shape index (κ2) is 5.83. The standard InChI is InChI=1S/C15H12N2O2S2/c1-19-13-7-6-10(11-4-2-3-5-12(11)13)8-16-17-14(18)9-21-15(17)20/h2-8H,9H2,1H3/b16-8+. The number of carbonyl (C=O) groups is 1. The third-order valence-electron chi connectivity index (χ3n) is 3.18. The van der Waals surface area contributed by atoms with Crippen LogP contribution in [-0.4, -0.2) is 34.3 Å². The van der Waals surface area contributed by atoms with Crippen molar-refractivity contribution >= 4 is 51.2 Å². The third kappa shape index (κ3) is 2.64. The number of thiocarbonyl (C=S) groups is 1. The topological polar surface area (TPSA) is 41.9 Å². The molecule has 0 bridgehead atoms. The van der Waals surface area contributed by atoms with E-state index in [-0.39, 0.29) is 5.91 Å². The lowest BCUT2D eigenvalue weighted by molar-refractivity contribution is -0.123. The van der Waals surface area contributed by atoms with Crippen molar-refractivity contribution in [2.75, 3.05) is 12.9 Å². The maximum Gasteiger partial charge on any atom is 0.259 e. The molecule has 6 heteroatoms. The van der Waals surface area contributed by atoms with E-state index in [0.29, 0.717) is 10.1 Å². The summed E-state index contributed by atoms with van der Waals surface area (Å²) in [5, 5.41) is 7.52. The zero-order valence-corrected chi connectivity index (χ0v) is 12.9. The zero-order valence-electron chi connectivity index (χ0n) is 11.3. The third-order valence-corrected chi connectivity index (χ3v) is 4.52. The van der Waals surface area contributed by atoms with E-state index in [1.54, 1.807) is 13.3 Å². The fourth-order valence-corrected chi connectivity index (χ4v) is 3.13. The van der Waals surface area contributed by atoms with Crippen molar-refractivity contribution in [1.82, 2.24) is 5.01 Å². The number of carbonyl (C=O) groups excluding carboxylic acids is 1. The van der Waals surface area contributed by atoms with Crippen LogP contribution in [0.15, 0.2) is 41.5 Å². The molecular formula is C15H12N2O2S2. The van der Waals surface area contributed by atoms with Crippen molar-refractivity contribution in [2.24, 2.45) is 5.10 Å². The molecule has 106 valence electrons. The van der Waals surface area contributed by atoms with E-state index in [1.165, 1.54) is 16.8 Å². The summed E-state index contributed by atoms with van der Waals surface area (Å²) in [7, 11) is 1.65. The molecule has 1 heterocycles. The first kappa shape index (κ1) is 14.0. The van der Waals surface area contributed by atoms with Crippen molar-refractivity contribution < 1.29 is 9.53 Å². The van der Waals surface area contributed by atoms with E-state index in [1.807, 2.05) is 36.4 Å². The van der Waals surface area contributed by atoms with Crippen LogP contribution in [0.25, 0.3) is 10.8 Å². The van der Waals surface area contributed by atoms with E-state index >= 15 is 0 Å². The minimum atomic E-state index is -0.0842. The molecule has 2 aromatic rings. The predicted octanol–water partition coefficient (Wildman–Crippen LogP) is 3.04. The molecular weight excluding hydrogens is 304 g/mol. The fourth-order valence-electron chi connectivity index (χ4n) is 2.16. The Hall–Kier alpha value is -1.92. The molecule has 1 fully saturated rings. The number of amides is 1. The quantitative estimate of drug-likeness (QED) is 0.645. The molecule has 2 aromatic carbocycles. The number of ether oxygens (including phenoxy) is 1. The molecule has 1 saturated heterocycles. The molecule has 1 aliphatic rings. The average Bonchev–Trinajstić information content (AvgIpc) is 2.83. The van der Waals surface area contributed by atoms with Gasteiger partial charge in [0.1, 0.15) is 5.75 Å². The van der Waals surface area contributed by atoms with Gasteiger partial charge in [-0.05, 0) is 17.5 Å². The van der Waals surface area contributed by atoms with Gasteiger partial charge in [0.25, 0.3) is 5.91 Å². The van der Waals surface area contributed by atoms with E-state index in [0.717, 1.165) is 22.1 Å². The minimum absolute atomic E-state index is 0.0842. The first-order valence-electron chi connectivity index (χ1n) is 6.30. The van der Waals surface area contributed by atoms with Crippen LogP contribution in [0.2, 0.25) is 0 Å². The number of hydrazone groups is 1. The van der Waals surface area contributed by atoms with Crippen LogP contribution >= 0.6 is 24.0 Å². The molecule has 0 aliphatic carbocycles. The van der Waals surface area contributed by atoms with Gasteiger partial charge in [-0.1, -0.05) is 48.2 Å². The van der Waals surface area contributed by atoms with E-state index in [2.05, 4.69) is 5.10 Å². The lowest BCUT2D eigenvalue weighted by Gasteiger charge is -2.09. The smallest absolute Gasteiger partial charge is 0.259 e. The summed E-state index contributed by atoms with van der Waals surface area (Å²) in [6.07, 6.45) is 1.66. The Balaban J connectivity index is 2.02. The second-order valence-corrected chi connectivity index (χ2v) is 6.02. The summed E-state index contributed by atoms with van der Waals surface area (Å²) in [6.45, 7) is 0. The SMILES string of the molecule is COc1ccc(/C=N/N2C(=O)CSC2=S)c2ccccc12. The Bertz CT molecular complexity index is 742. The number of methoxy groups -OCH3 is 1. The summed E-state index contributed by atoms with van der Waals surface area (Å²) in [5.41, 5.74) is 0.916. The number of hydrogen-bond donors (Lipinski definition) is 0. The van der Waals surface area contributed by atoms with Crippen molar-refractivity contribution in [2.45, 2.75) is 0 Å². The molecule has 0 saturated carbocycles. The van der Waals surface area contributed by atoms with E-state index < -0.39 is 0 Å². The highest BCUT2D eigenvalue weighted by atomic mass is 32.2. The van der Waals surface area contributed by atoms with Gasteiger partial charge in [0.05, 0.1) is 19.1 Å². The van der Waals surface area contributed by atoms with Crippen LogP contribution in [0.4, 0.5) is 0 Å². The number of nitrogens with zero attached hydrogens (tertiary/aromatic N) is 2. The first-order chi connectivity index (χ1) is 10.2. The van der Waals surface area contributed by atoms with Crippen molar-refractivity contribution in [3.63, 3.8) is 0 Å². The average molecular weight is 316 g/mol. The maximum atomic E-state index is 11.7. The molecule has 1 aliphatic heterocycles. The minimum Gasteiger partial charge on any atom is -0.496 e. The normalized spacial score (nSPS) is 15.4. The van der Waals surface area contributed by atoms with Crippen molar-refractivity contribution in [3.8, 4) is 5.75 Å². The van der Waals surface area contributed by atoms with Gasteiger partial charge in [-0.3, -0.25) is 4.79 Å².